The molecular weight excluding hydrogens is 385 g/mol. The molecule has 1 fully saturated rings. The van der Waals surface area contributed by atoms with Crippen LogP contribution in [0, 0.1) is 0 Å². The minimum atomic E-state index is -3.48. The van der Waals surface area contributed by atoms with Crippen LogP contribution < -0.4 is 10.0 Å². The third-order valence-corrected chi connectivity index (χ3v) is 5.66. The van der Waals surface area contributed by atoms with Gasteiger partial charge >= 0.3 is 0 Å². The van der Waals surface area contributed by atoms with E-state index in [9.17, 15) is 13.2 Å². The van der Waals surface area contributed by atoms with E-state index >= 15 is 0 Å². The number of hydrogen-bond donors (Lipinski definition) is 2. The molecule has 2 aromatic rings. The minimum Gasteiger partial charge on any atom is -0.347 e. The number of sulfonamides is 1. The van der Waals surface area contributed by atoms with Crippen LogP contribution in [0.2, 0.25) is 10.2 Å². The smallest absolute Gasteiger partial charge is 0.271 e. The molecule has 1 aromatic carbocycles. The van der Waals surface area contributed by atoms with E-state index in [0.717, 1.165) is 18.4 Å². The second-order valence-electron chi connectivity index (χ2n) is 5.69. The molecule has 0 atom stereocenters. The Morgan fingerprint density at radius 3 is 2.44 bits per heavy atom. The Hall–Kier alpha value is -1.67. The number of carbonyl (C=O) groups excluding carboxylic acids is 1. The molecule has 25 heavy (non-hydrogen) atoms. The predicted molar refractivity (Wildman–Crippen MR) is 95.2 cm³/mol. The first kappa shape index (κ1) is 18.1. The Morgan fingerprint density at radius 1 is 1.12 bits per heavy atom. The molecule has 6 nitrogen and oxygen atoms in total. The van der Waals surface area contributed by atoms with Gasteiger partial charge in [0.05, 0.1) is 9.92 Å². The average molecular weight is 400 g/mol. The van der Waals surface area contributed by atoms with Crippen molar-refractivity contribution in [1.29, 1.82) is 0 Å². The first-order valence-electron chi connectivity index (χ1n) is 7.57. The highest BCUT2D eigenvalue weighted by molar-refractivity contribution is 7.89. The normalized spacial score (nSPS) is 14.3. The highest BCUT2D eigenvalue weighted by atomic mass is 35.5. The summed E-state index contributed by atoms with van der Waals surface area (Å²) in [4.78, 5) is 16.2. The van der Waals surface area contributed by atoms with Gasteiger partial charge in [-0.1, -0.05) is 35.3 Å². The number of carbonyl (C=O) groups is 1. The van der Waals surface area contributed by atoms with Crippen molar-refractivity contribution in [2.45, 2.75) is 30.3 Å². The fourth-order valence-corrected chi connectivity index (χ4v) is 3.76. The van der Waals surface area contributed by atoms with Crippen LogP contribution in [-0.4, -0.2) is 25.4 Å². The maximum Gasteiger partial charge on any atom is 0.271 e. The van der Waals surface area contributed by atoms with E-state index in [1.165, 1.54) is 24.3 Å². The maximum absolute atomic E-state index is 12.1. The molecule has 132 valence electrons. The Labute approximate surface area is 155 Å². The van der Waals surface area contributed by atoms with Gasteiger partial charge in [0.1, 0.15) is 10.8 Å². The quantitative estimate of drug-likeness (QED) is 0.730. The number of amides is 1. The molecule has 2 N–H and O–H groups in total. The summed E-state index contributed by atoms with van der Waals surface area (Å²) in [6, 6.07) is 9.37. The fourth-order valence-electron chi connectivity index (χ4n) is 2.12. The third-order valence-electron chi connectivity index (χ3n) is 3.61. The van der Waals surface area contributed by atoms with Gasteiger partial charge < -0.3 is 5.32 Å². The van der Waals surface area contributed by atoms with Crippen molar-refractivity contribution in [2.75, 3.05) is 0 Å². The van der Waals surface area contributed by atoms with Crippen LogP contribution in [-0.2, 0) is 16.6 Å². The third kappa shape index (κ3) is 4.70. The van der Waals surface area contributed by atoms with Crippen LogP contribution in [0.1, 0.15) is 28.9 Å². The molecule has 1 saturated carbocycles. The summed E-state index contributed by atoms with van der Waals surface area (Å²) in [6.07, 6.45) is 1.76. The summed E-state index contributed by atoms with van der Waals surface area (Å²) in [5.74, 6) is -0.459. The van der Waals surface area contributed by atoms with Gasteiger partial charge in [-0.2, -0.15) is 0 Å². The SMILES string of the molecule is O=C(NCc1ccc(S(=O)(=O)NC2CC2)cc1)c1nc(Cl)ccc1Cl. The molecule has 0 aliphatic heterocycles. The second kappa shape index (κ2) is 7.29. The number of halogens is 2. The van der Waals surface area contributed by atoms with Crippen LogP contribution in [0.15, 0.2) is 41.3 Å². The van der Waals surface area contributed by atoms with E-state index in [4.69, 9.17) is 23.2 Å². The van der Waals surface area contributed by atoms with E-state index in [1.807, 2.05) is 0 Å². The van der Waals surface area contributed by atoms with Crippen molar-refractivity contribution < 1.29 is 13.2 Å². The average Bonchev–Trinajstić information content (AvgIpc) is 3.38. The van der Waals surface area contributed by atoms with Crippen molar-refractivity contribution in [2.24, 2.45) is 0 Å². The Bertz CT molecular complexity index is 897. The zero-order valence-corrected chi connectivity index (χ0v) is 15.3. The van der Waals surface area contributed by atoms with Crippen LogP contribution >= 0.6 is 23.2 Å². The summed E-state index contributed by atoms with van der Waals surface area (Å²) in [6.45, 7) is 0.208. The number of hydrogen-bond acceptors (Lipinski definition) is 4. The first-order valence-corrected chi connectivity index (χ1v) is 9.80. The van der Waals surface area contributed by atoms with Gasteiger partial charge in [0.2, 0.25) is 10.0 Å². The van der Waals surface area contributed by atoms with Crippen LogP contribution in [0.5, 0.6) is 0 Å². The summed E-state index contributed by atoms with van der Waals surface area (Å²) >= 11 is 11.7. The number of rotatable bonds is 6. The Kier molecular flexibility index (Phi) is 5.29. The second-order valence-corrected chi connectivity index (χ2v) is 8.20. The van der Waals surface area contributed by atoms with Gasteiger partial charge in [-0.25, -0.2) is 18.1 Å². The highest BCUT2D eigenvalue weighted by Crippen LogP contribution is 2.22. The van der Waals surface area contributed by atoms with E-state index in [-0.39, 0.29) is 33.4 Å². The predicted octanol–water partition coefficient (Wildman–Crippen LogP) is 2.76. The number of pyridine rings is 1. The zero-order chi connectivity index (χ0) is 18.0. The maximum atomic E-state index is 12.1. The summed E-state index contributed by atoms with van der Waals surface area (Å²) < 4.78 is 26.8. The van der Waals surface area contributed by atoms with Crippen LogP contribution in [0.4, 0.5) is 0 Å². The highest BCUT2D eigenvalue weighted by Gasteiger charge is 2.27. The molecule has 0 spiro atoms. The van der Waals surface area contributed by atoms with E-state index < -0.39 is 15.9 Å². The van der Waals surface area contributed by atoms with E-state index in [1.54, 1.807) is 12.1 Å². The molecule has 1 aliphatic rings. The minimum absolute atomic E-state index is 0.0435. The standard InChI is InChI=1S/C16H15Cl2N3O3S/c17-13-7-8-14(18)20-15(13)16(22)19-9-10-1-5-12(6-2-10)25(23,24)21-11-3-4-11/h1-2,5-8,11,21H,3-4,9H2,(H,19,22). The van der Waals surface area contributed by atoms with Crippen molar-refractivity contribution in [3.05, 3.63) is 57.8 Å². The lowest BCUT2D eigenvalue weighted by molar-refractivity contribution is 0.0946. The number of aromatic nitrogens is 1. The lowest BCUT2D eigenvalue weighted by Gasteiger charge is -2.08. The number of nitrogens with one attached hydrogen (secondary N) is 2. The number of benzene rings is 1. The first-order chi connectivity index (χ1) is 11.8. The molecule has 0 saturated heterocycles. The lowest BCUT2D eigenvalue weighted by atomic mass is 10.2. The molecule has 3 rings (SSSR count). The molecule has 1 heterocycles. The number of nitrogens with zero attached hydrogens (tertiary/aromatic N) is 1. The summed E-state index contributed by atoms with van der Waals surface area (Å²) in [5, 5.41) is 3.05. The summed E-state index contributed by atoms with van der Waals surface area (Å²) in [7, 11) is -3.48. The van der Waals surface area contributed by atoms with Gasteiger partial charge in [0.25, 0.3) is 5.91 Å². The van der Waals surface area contributed by atoms with Crippen molar-refractivity contribution in [3.8, 4) is 0 Å². The van der Waals surface area contributed by atoms with E-state index in [2.05, 4.69) is 15.0 Å². The Morgan fingerprint density at radius 2 is 1.80 bits per heavy atom. The molecular formula is C16H15Cl2N3O3S. The van der Waals surface area contributed by atoms with Gasteiger partial charge in [0, 0.05) is 12.6 Å². The van der Waals surface area contributed by atoms with Crippen LogP contribution in [0.25, 0.3) is 0 Å². The zero-order valence-electron chi connectivity index (χ0n) is 13.0. The topological polar surface area (TPSA) is 88.2 Å². The molecule has 1 aromatic heterocycles. The molecule has 0 unspecified atom stereocenters. The fraction of sp³-hybridized carbons (Fsp3) is 0.250. The largest absolute Gasteiger partial charge is 0.347 e. The Balaban J connectivity index is 1.63. The molecule has 0 bridgehead atoms. The summed E-state index contributed by atoms with van der Waals surface area (Å²) in [5.41, 5.74) is 0.791. The van der Waals surface area contributed by atoms with Crippen molar-refractivity contribution in [3.63, 3.8) is 0 Å². The van der Waals surface area contributed by atoms with E-state index in [0.29, 0.717) is 0 Å². The van der Waals surface area contributed by atoms with Crippen molar-refractivity contribution in [1.82, 2.24) is 15.0 Å². The van der Waals surface area contributed by atoms with Gasteiger partial charge in [-0.3, -0.25) is 4.79 Å². The lowest BCUT2D eigenvalue weighted by Crippen LogP contribution is -2.26. The van der Waals surface area contributed by atoms with Gasteiger partial charge in [-0.15, -0.1) is 0 Å². The van der Waals surface area contributed by atoms with Gasteiger partial charge in [-0.05, 0) is 42.7 Å². The van der Waals surface area contributed by atoms with Crippen molar-refractivity contribution >= 4 is 39.1 Å². The molecule has 1 aliphatic carbocycles. The van der Waals surface area contributed by atoms with Crippen LogP contribution in [0.3, 0.4) is 0 Å². The van der Waals surface area contributed by atoms with Gasteiger partial charge in [0.15, 0.2) is 0 Å². The molecule has 1 amide bonds. The monoisotopic (exact) mass is 399 g/mol. The molecule has 0 radical (unpaired) electrons. The molecule has 9 heteroatoms.